The number of urea groups is 1. The molecule has 9 heteroatoms. The first-order valence-corrected chi connectivity index (χ1v) is 7.30. The minimum atomic E-state index is -1.14. The van der Waals surface area contributed by atoms with Gasteiger partial charge in [-0.2, -0.15) is 0 Å². The Bertz CT molecular complexity index is 533. The monoisotopic (exact) mass is 312 g/mol. The third-order valence-electron chi connectivity index (χ3n) is 3.16. The summed E-state index contributed by atoms with van der Waals surface area (Å²) in [6.07, 6.45) is 1.69. The lowest BCUT2D eigenvalue weighted by Gasteiger charge is -2.32. The second kappa shape index (κ2) is 6.53. The predicted molar refractivity (Wildman–Crippen MR) is 75.1 cm³/mol. The molecule has 1 aromatic heterocycles. The molecule has 1 aromatic rings. The van der Waals surface area contributed by atoms with Crippen molar-refractivity contribution in [2.75, 3.05) is 19.6 Å². The average molecular weight is 312 g/mol. The summed E-state index contributed by atoms with van der Waals surface area (Å²) < 4.78 is 0. The summed E-state index contributed by atoms with van der Waals surface area (Å²) in [6.45, 7) is 1.91. The summed E-state index contributed by atoms with van der Waals surface area (Å²) in [4.78, 5) is 39.7. The van der Waals surface area contributed by atoms with E-state index in [0.29, 0.717) is 6.54 Å². The number of hydrogen-bond acceptors (Lipinski definition) is 5. The largest absolute Gasteiger partial charge is 0.480 e. The molecule has 0 aliphatic carbocycles. The highest BCUT2D eigenvalue weighted by Gasteiger charge is 2.35. The maximum Gasteiger partial charge on any atom is 0.328 e. The summed E-state index contributed by atoms with van der Waals surface area (Å²) in [5, 5.41) is 16.9. The van der Waals surface area contributed by atoms with Gasteiger partial charge in [0.05, 0.1) is 5.01 Å². The Balaban J connectivity index is 1.94. The van der Waals surface area contributed by atoms with E-state index < -0.39 is 18.0 Å². The molecule has 0 spiro atoms. The predicted octanol–water partition coefficient (Wildman–Crippen LogP) is -0.159. The van der Waals surface area contributed by atoms with Crippen LogP contribution in [0.4, 0.5) is 4.79 Å². The van der Waals surface area contributed by atoms with E-state index in [1.165, 1.54) is 11.3 Å². The fraction of sp³-hybridized carbons (Fsp3) is 0.500. The van der Waals surface area contributed by atoms with E-state index in [4.69, 9.17) is 5.11 Å². The number of carboxylic acids is 1. The summed E-state index contributed by atoms with van der Waals surface area (Å²) >= 11 is 1.49. The number of piperazine rings is 1. The van der Waals surface area contributed by atoms with Gasteiger partial charge in [0.1, 0.15) is 12.6 Å². The molecule has 1 aliphatic heterocycles. The van der Waals surface area contributed by atoms with Crippen LogP contribution in [0.1, 0.15) is 17.8 Å². The van der Waals surface area contributed by atoms with Crippen LogP contribution >= 0.6 is 11.3 Å². The molecule has 2 rings (SSSR count). The molecule has 3 amide bonds. The Kier molecular flexibility index (Phi) is 4.73. The van der Waals surface area contributed by atoms with Gasteiger partial charge >= 0.3 is 12.0 Å². The van der Waals surface area contributed by atoms with Crippen molar-refractivity contribution in [1.82, 2.24) is 20.5 Å². The number of hydrogen-bond donors (Lipinski definition) is 3. The summed E-state index contributed by atoms with van der Waals surface area (Å²) in [7, 11) is 0. The first kappa shape index (κ1) is 15.2. The Morgan fingerprint density at radius 2 is 2.43 bits per heavy atom. The van der Waals surface area contributed by atoms with Crippen LogP contribution in [0.5, 0.6) is 0 Å². The minimum absolute atomic E-state index is 0.0239. The van der Waals surface area contributed by atoms with Crippen molar-refractivity contribution < 1.29 is 19.5 Å². The van der Waals surface area contributed by atoms with Crippen molar-refractivity contribution in [3.8, 4) is 0 Å². The van der Waals surface area contributed by atoms with Gasteiger partial charge in [-0.3, -0.25) is 9.69 Å². The molecule has 0 saturated carbocycles. The quantitative estimate of drug-likeness (QED) is 0.715. The molecule has 2 atom stereocenters. The summed E-state index contributed by atoms with van der Waals surface area (Å²) in [6, 6.07) is -1.60. The number of carbonyl (C=O) groups is 3. The van der Waals surface area contributed by atoms with Gasteiger partial charge in [0.15, 0.2) is 0 Å². The van der Waals surface area contributed by atoms with Crippen molar-refractivity contribution in [2.45, 2.75) is 18.9 Å². The number of nitrogens with zero attached hydrogens (tertiary/aromatic N) is 2. The number of amides is 3. The van der Waals surface area contributed by atoms with Gasteiger partial charge in [0, 0.05) is 30.6 Å². The van der Waals surface area contributed by atoms with E-state index in [2.05, 4.69) is 15.6 Å². The Morgan fingerprint density at radius 1 is 1.67 bits per heavy atom. The molecule has 2 heterocycles. The van der Waals surface area contributed by atoms with Crippen LogP contribution in [0.2, 0.25) is 0 Å². The highest BCUT2D eigenvalue weighted by Crippen LogP contribution is 2.16. The first-order chi connectivity index (χ1) is 9.99. The van der Waals surface area contributed by atoms with Crippen LogP contribution in [0.25, 0.3) is 0 Å². The zero-order chi connectivity index (χ0) is 15.4. The SMILES string of the molecule is CC(CNC(=O)N1CC(=O)NCC1C(=O)O)c1nccs1. The van der Waals surface area contributed by atoms with E-state index in [1.54, 1.807) is 6.20 Å². The Morgan fingerprint density at radius 3 is 3.05 bits per heavy atom. The number of aliphatic carboxylic acids is 1. The number of aromatic nitrogens is 1. The molecule has 2 unspecified atom stereocenters. The van der Waals surface area contributed by atoms with Crippen LogP contribution in [0.3, 0.4) is 0 Å². The topological polar surface area (TPSA) is 112 Å². The molecule has 3 N–H and O–H groups in total. The zero-order valence-electron chi connectivity index (χ0n) is 11.4. The van der Waals surface area contributed by atoms with E-state index in [9.17, 15) is 14.4 Å². The zero-order valence-corrected chi connectivity index (χ0v) is 12.2. The highest BCUT2D eigenvalue weighted by atomic mass is 32.1. The standard InChI is InChI=1S/C12H16N4O4S/c1-7(10-13-2-3-21-10)4-15-12(20)16-6-9(17)14-5-8(16)11(18)19/h2-3,7-8H,4-6H2,1H3,(H,14,17)(H,15,20)(H,18,19). The molecule has 1 fully saturated rings. The fourth-order valence-electron chi connectivity index (χ4n) is 1.98. The summed E-state index contributed by atoms with van der Waals surface area (Å²) in [5.74, 6) is -1.48. The van der Waals surface area contributed by atoms with Gasteiger partial charge in [0.2, 0.25) is 5.91 Å². The van der Waals surface area contributed by atoms with Gasteiger partial charge in [0.25, 0.3) is 0 Å². The van der Waals surface area contributed by atoms with E-state index >= 15 is 0 Å². The normalized spacial score (nSPS) is 19.8. The molecule has 114 valence electrons. The van der Waals surface area contributed by atoms with Crippen LogP contribution in [0, 0.1) is 0 Å². The molecule has 1 saturated heterocycles. The molecule has 1 aliphatic rings. The number of nitrogens with one attached hydrogen (secondary N) is 2. The van der Waals surface area contributed by atoms with Gasteiger partial charge in [-0.05, 0) is 0 Å². The number of carbonyl (C=O) groups excluding carboxylic acids is 2. The number of thiazole rings is 1. The van der Waals surface area contributed by atoms with Crippen molar-refractivity contribution in [1.29, 1.82) is 0 Å². The molecule has 0 bridgehead atoms. The van der Waals surface area contributed by atoms with E-state index in [1.807, 2.05) is 12.3 Å². The highest BCUT2D eigenvalue weighted by molar-refractivity contribution is 7.09. The van der Waals surface area contributed by atoms with Crippen molar-refractivity contribution in [3.05, 3.63) is 16.6 Å². The third-order valence-corrected chi connectivity index (χ3v) is 4.17. The molecule has 21 heavy (non-hydrogen) atoms. The number of rotatable bonds is 4. The molecular weight excluding hydrogens is 296 g/mol. The lowest BCUT2D eigenvalue weighted by Crippen LogP contribution is -2.61. The Labute approximate surface area is 125 Å². The van der Waals surface area contributed by atoms with Crippen molar-refractivity contribution >= 4 is 29.2 Å². The Hall–Kier alpha value is -2.16. The summed E-state index contributed by atoms with van der Waals surface area (Å²) in [5.41, 5.74) is 0. The second-order valence-corrected chi connectivity index (χ2v) is 5.67. The fourth-order valence-corrected chi connectivity index (χ4v) is 2.68. The van der Waals surface area contributed by atoms with Gasteiger partial charge in [-0.25, -0.2) is 14.6 Å². The second-order valence-electron chi connectivity index (χ2n) is 4.74. The number of carboxylic acid groups (broad SMARTS) is 1. The van der Waals surface area contributed by atoms with Gasteiger partial charge < -0.3 is 15.7 Å². The lowest BCUT2D eigenvalue weighted by atomic mass is 10.2. The van der Waals surface area contributed by atoms with E-state index in [-0.39, 0.29) is 24.9 Å². The van der Waals surface area contributed by atoms with Gasteiger partial charge in [-0.1, -0.05) is 6.92 Å². The first-order valence-electron chi connectivity index (χ1n) is 6.42. The molecule has 0 radical (unpaired) electrons. The molecular formula is C12H16N4O4S. The van der Waals surface area contributed by atoms with Crippen LogP contribution in [0.15, 0.2) is 11.6 Å². The minimum Gasteiger partial charge on any atom is -0.480 e. The molecule has 8 nitrogen and oxygen atoms in total. The molecule has 0 aromatic carbocycles. The average Bonchev–Trinajstić information content (AvgIpc) is 2.98. The van der Waals surface area contributed by atoms with E-state index in [0.717, 1.165) is 9.91 Å². The smallest absolute Gasteiger partial charge is 0.328 e. The van der Waals surface area contributed by atoms with Gasteiger partial charge in [-0.15, -0.1) is 11.3 Å². The lowest BCUT2D eigenvalue weighted by molar-refractivity contribution is -0.144. The maximum absolute atomic E-state index is 12.1. The van der Waals surface area contributed by atoms with Crippen LogP contribution in [-0.2, 0) is 9.59 Å². The third kappa shape index (κ3) is 3.69. The van der Waals surface area contributed by atoms with Crippen LogP contribution < -0.4 is 10.6 Å². The van der Waals surface area contributed by atoms with Crippen LogP contribution in [-0.4, -0.2) is 58.6 Å². The van der Waals surface area contributed by atoms with Crippen molar-refractivity contribution in [2.24, 2.45) is 0 Å². The maximum atomic E-state index is 12.1. The van der Waals surface area contributed by atoms with Crippen molar-refractivity contribution in [3.63, 3.8) is 0 Å².